The van der Waals surface area contributed by atoms with Crippen molar-refractivity contribution in [3.8, 4) is 22.8 Å². The number of pyridine rings is 1. The van der Waals surface area contributed by atoms with Gasteiger partial charge >= 0.3 is 0 Å². The molecule has 9 nitrogen and oxygen atoms in total. The van der Waals surface area contributed by atoms with Crippen molar-refractivity contribution >= 4 is 17.1 Å². The van der Waals surface area contributed by atoms with Crippen LogP contribution in [0.15, 0.2) is 71.5 Å². The molecule has 2 aromatic carbocycles. The summed E-state index contributed by atoms with van der Waals surface area (Å²) in [6.45, 7) is 2.17. The molecule has 0 bridgehead atoms. The Balaban J connectivity index is 1.37. The molecule has 5 rings (SSSR count). The summed E-state index contributed by atoms with van der Waals surface area (Å²) >= 11 is 0. The Bertz CT molecular complexity index is 1290. The van der Waals surface area contributed by atoms with Crippen LogP contribution in [0.3, 0.4) is 0 Å². The van der Waals surface area contributed by atoms with Gasteiger partial charge in [-0.2, -0.15) is 4.98 Å². The Hall–Kier alpha value is -4.34. The third kappa shape index (κ3) is 4.10. The number of aromatic nitrogens is 3. The van der Waals surface area contributed by atoms with Crippen molar-refractivity contribution in [1.82, 2.24) is 15.1 Å². The molecule has 1 aliphatic heterocycles. The Labute approximate surface area is 188 Å². The molecule has 0 N–H and O–H groups in total. The van der Waals surface area contributed by atoms with E-state index in [2.05, 4.69) is 15.1 Å². The smallest absolute Gasteiger partial charge is 0.293 e. The van der Waals surface area contributed by atoms with Gasteiger partial charge in [-0.15, -0.1) is 0 Å². The summed E-state index contributed by atoms with van der Waals surface area (Å²) in [7, 11) is 0. The Kier molecular flexibility index (Phi) is 5.39. The zero-order valence-corrected chi connectivity index (χ0v) is 17.5. The van der Waals surface area contributed by atoms with Crippen LogP contribution in [-0.4, -0.2) is 46.2 Å². The van der Waals surface area contributed by atoms with Crippen LogP contribution >= 0.6 is 0 Å². The van der Waals surface area contributed by atoms with Gasteiger partial charge in [0.05, 0.1) is 10.6 Å². The van der Waals surface area contributed by atoms with Crippen molar-refractivity contribution in [3.05, 3.63) is 82.9 Å². The Morgan fingerprint density at radius 1 is 0.909 bits per heavy atom. The number of hydrogen-bond acceptors (Lipinski definition) is 8. The summed E-state index contributed by atoms with van der Waals surface area (Å²) in [5.74, 6) is 0.303. The average molecular weight is 446 g/mol. The van der Waals surface area contributed by atoms with Gasteiger partial charge in [0.2, 0.25) is 5.82 Å². The molecule has 33 heavy (non-hydrogen) atoms. The fraction of sp³-hybridized carbons (Fsp3) is 0.174. The summed E-state index contributed by atoms with van der Waals surface area (Å²) < 4.78 is 19.4. The Morgan fingerprint density at radius 2 is 1.61 bits per heavy atom. The van der Waals surface area contributed by atoms with E-state index in [1.165, 1.54) is 12.1 Å². The molecular formula is C23H19FN6O3. The summed E-state index contributed by atoms with van der Waals surface area (Å²) in [6, 6.07) is 15.0. The summed E-state index contributed by atoms with van der Waals surface area (Å²) in [6.07, 6.45) is 3.23. The van der Waals surface area contributed by atoms with Crippen LogP contribution in [-0.2, 0) is 0 Å². The maximum absolute atomic E-state index is 14.1. The normalized spacial score (nSPS) is 13.8. The van der Waals surface area contributed by atoms with E-state index < -0.39 is 4.92 Å². The van der Waals surface area contributed by atoms with E-state index in [1.807, 2.05) is 9.80 Å². The second-order valence-corrected chi connectivity index (χ2v) is 7.55. The van der Waals surface area contributed by atoms with E-state index in [0.29, 0.717) is 54.6 Å². The van der Waals surface area contributed by atoms with Crippen molar-refractivity contribution in [2.75, 3.05) is 36.0 Å². The maximum atomic E-state index is 14.1. The number of piperazine rings is 1. The molecule has 0 radical (unpaired) electrons. The maximum Gasteiger partial charge on any atom is 0.293 e. The lowest BCUT2D eigenvalue weighted by Crippen LogP contribution is -2.47. The van der Waals surface area contributed by atoms with Gasteiger partial charge in [-0.1, -0.05) is 17.3 Å². The third-order valence-electron chi connectivity index (χ3n) is 5.60. The van der Waals surface area contributed by atoms with Gasteiger partial charge in [0, 0.05) is 55.8 Å². The molecular weight excluding hydrogens is 427 g/mol. The topological polar surface area (TPSA) is 101 Å². The molecule has 2 aromatic heterocycles. The lowest BCUT2D eigenvalue weighted by atomic mass is 10.1. The number of nitro groups is 1. The molecule has 0 aliphatic carbocycles. The SMILES string of the molecule is O=[N+]([O-])c1cc(-c2noc(-c3ccncc3)n2)ccc1N1CCN(c2ccccc2F)CC1. The Morgan fingerprint density at radius 3 is 2.30 bits per heavy atom. The predicted molar refractivity (Wildman–Crippen MR) is 120 cm³/mol. The molecule has 4 aromatic rings. The van der Waals surface area contributed by atoms with Crippen molar-refractivity contribution < 1.29 is 13.8 Å². The minimum Gasteiger partial charge on any atom is -0.366 e. The number of benzene rings is 2. The van der Waals surface area contributed by atoms with Gasteiger partial charge in [0.1, 0.15) is 11.5 Å². The number of para-hydroxylation sites is 1. The second kappa shape index (κ2) is 8.65. The largest absolute Gasteiger partial charge is 0.366 e. The molecule has 3 heterocycles. The van der Waals surface area contributed by atoms with Gasteiger partial charge in [-0.05, 0) is 36.4 Å². The molecule has 0 amide bonds. The lowest BCUT2D eigenvalue weighted by Gasteiger charge is -2.37. The van der Waals surface area contributed by atoms with Crippen LogP contribution < -0.4 is 9.80 Å². The zero-order valence-electron chi connectivity index (χ0n) is 17.5. The summed E-state index contributed by atoms with van der Waals surface area (Å²) in [5, 5.41) is 15.8. The molecule has 0 spiro atoms. The number of anilines is 2. The number of halogens is 1. The van der Waals surface area contributed by atoms with Crippen LogP contribution in [0.5, 0.6) is 0 Å². The number of nitrogens with zero attached hydrogens (tertiary/aromatic N) is 6. The van der Waals surface area contributed by atoms with Crippen molar-refractivity contribution in [2.24, 2.45) is 0 Å². The standard InChI is InChI=1S/C23H19FN6O3/c24-18-3-1-2-4-19(18)28-11-13-29(14-12-28)20-6-5-17(15-21(20)30(31)32)22-26-23(33-27-22)16-7-9-25-10-8-16/h1-10,15H,11-14H2. The molecule has 10 heteroatoms. The molecule has 1 saturated heterocycles. The first-order valence-corrected chi connectivity index (χ1v) is 10.4. The fourth-order valence-electron chi connectivity index (χ4n) is 3.93. The highest BCUT2D eigenvalue weighted by Crippen LogP contribution is 2.34. The van der Waals surface area contributed by atoms with E-state index in [0.717, 1.165) is 0 Å². The van der Waals surface area contributed by atoms with E-state index >= 15 is 0 Å². The number of hydrogen-bond donors (Lipinski definition) is 0. The van der Waals surface area contributed by atoms with Gasteiger partial charge in [0.25, 0.3) is 11.6 Å². The van der Waals surface area contributed by atoms with E-state index in [1.54, 1.807) is 54.9 Å². The third-order valence-corrected chi connectivity index (χ3v) is 5.60. The van der Waals surface area contributed by atoms with E-state index in [9.17, 15) is 14.5 Å². The van der Waals surface area contributed by atoms with Crippen LogP contribution in [0.25, 0.3) is 22.8 Å². The van der Waals surface area contributed by atoms with Crippen LogP contribution in [0, 0.1) is 15.9 Å². The average Bonchev–Trinajstić information content (AvgIpc) is 3.35. The summed E-state index contributed by atoms with van der Waals surface area (Å²) in [4.78, 5) is 23.7. The van der Waals surface area contributed by atoms with E-state index in [-0.39, 0.29) is 17.3 Å². The molecule has 0 atom stereocenters. The van der Waals surface area contributed by atoms with Crippen molar-refractivity contribution in [2.45, 2.75) is 0 Å². The van der Waals surface area contributed by atoms with Crippen molar-refractivity contribution in [1.29, 1.82) is 0 Å². The molecule has 1 fully saturated rings. The lowest BCUT2D eigenvalue weighted by molar-refractivity contribution is -0.384. The van der Waals surface area contributed by atoms with Crippen LogP contribution in [0.1, 0.15) is 0 Å². The highest BCUT2D eigenvalue weighted by Gasteiger charge is 2.26. The van der Waals surface area contributed by atoms with Gasteiger partial charge < -0.3 is 14.3 Å². The summed E-state index contributed by atoms with van der Waals surface area (Å²) in [5.41, 5.74) is 2.21. The van der Waals surface area contributed by atoms with Gasteiger partial charge in [-0.3, -0.25) is 15.1 Å². The first-order valence-electron chi connectivity index (χ1n) is 10.4. The molecule has 0 saturated carbocycles. The van der Waals surface area contributed by atoms with Gasteiger partial charge in [0.15, 0.2) is 0 Å². The zero-order chi connectivity index (χ0) is 22.8. The van der Waals surface area contributed by atoms with Crippen molar-refractivity contribution in [3.63, 3.8) is 0 Å². The van der Waals surface area contributed by atoms with Gasteiger partial charge in [-0.25, -0.2) is 4.39 Å². The fourth-order valence-corrected chi connectivity index (χ4v) is 3.93. The first-order chi connectivity index (χ1) is 16.1. The minimum atomic E-state index is -0.411. The number of nitro benzene ring substituents is 1. The highest BCUT2D eigenvalue weighted by atomic mass is 19.1. The quantitative estimate of drug-likeness (QED) is 0.333. The monoisotopic (exact) mass is 446 g/mol. The van der Waals surface area contributed by atoms with Crippen LogP contribution in [0.4, 0.5) is 21.5 Å². The van der Waals surface area contributed by atoms with Crippen LogP contribution in [0.2, 0.25) is 0 Å². The molecule has 166 valence electrons. The molecule has 1 aliphatic rings. The highest BCUT2D eigenvalue weighted by molar-refractivity contribution is 5.72. The van der Waals surface area contributed by atoms with E-state index in [4.69, 9.17) is 4.52 Å². The predicted octanol–water partition coefficient (Wildman–Crippen LogP) is 4.17. The molecule has 0 unspecified atom stereocenters. The minimum absolute atomic E-state index is 0.0397. The first kappa shape index (κ1) is 20.6. The second-order valence-electron chi connectivity index (χ2n) is 7.55. The number of rotatable bonds is 5.